The van der Waals surface area contributed by atoms with E-state index in [1.807, 2.05) is 6.07 Å². The van der Waals surface area contributed by atoms with Crippen molar-refractivity contribution in [3.8, 4) is 5.75 Å². The molecule has 1 aromatic carbocycles. The SMILES string of the molecule is COc1cc(CO)cc(C2CC2)c1. The van der Waals surface area contributed by atoms with E-state index >= 15 is 0 Å². The highest BCUT2D eigenvalue weighted by Gasteiger charge is 2.24. The maximum Gasteiger partial charge on any atom is 0.119 e. The molecule has 1 aliphatic carbocycles. The summed E-state index contributed by atoms with van der Waals surface area (Å²) in [6.45, 7) is 0.0942. The lowest BCUT2D eigenvalue weighted by Crippen LogP contribution is -1.90. The first kappa shape index (κ1) is 8.57. The second-order valence-corrected chi connectivity index (χ2v) is 3.55. The molecule has 0 spiro atoms. The van der Waals surface area contributed by atoms with Crippen molar-refractivity contribution in [2.45, 2.75) is 25.4 Å². The molecule has 0 heterocycles. The fourth-order valence-electron chi connectivity index (χ4n) is 1.55. The van der Waals surface area contributed by atoms with Crippen molar-refractivity contribution >= 4 is 0 Å². The Morgan fingerprint density at radius 3 is 2.69 bits per heavy atom. The lowest BCUT2D eigenvalue weighted by atomic mass is 10.1. The maximum absolute atomic E-state index is 9.03. The molecule has 0 amide bonds. The number of hydrogen-bond acceptors (Lipinski definition) is 2. The molecule has 0 bridgehead atoms. The summed E-state index contributed by atoms with van der Waals surface area (Å²) in [5.74, 6) is 1.56. The molecule has 0 unspecified atom stereocenters. The monoisotopic (exact) mass is 178 g/mol. The van der Waals surface area contributed by atoms with Crippen molar-refractivity contribution in [1.82, 2.24) is 0 Å². The maximum atomic E-state index is 9.03. The van der Waals surface area contributed by atoms with Crippen LogP contribution in [0.1, 0.15) is 29.9 Å². The van der Waals surface area contributed by atoms with Crippen LogP contribution in [0.15, 0.2) is 18.2 Å². The van der Waals surface area contributed by atoms with Crippen molar-refractivity contribution in [2.24, 2.45) is 0 Å². The standard InChI is InChI=1S/C11H14O2/c1-13-11-5-8(7-12)4-10(6-11)9-2-3-9/h4-6,9,12H,2-3,7H2,1H3. The minimum Gasteiger partial charge on any atom is -0.497 e. The quantitative estimate of drug-likeness (QED) is 0.767. The Kier molecular flexibility index (Phi) is 2.23. The van der Waals surface area contributed by atoms with Gasteiger partial charge in [0.2, 0.25) is 0 Å². The van der Waals surface area contributed by atoms with Crippen molar-refractivity contribution < 1.29 is 9.84 Å². The minimum atomic E-state index is 0.0942. The number of rotatable bonds is 3. The zero-order valence-electron chi connectivity index (χ0n) is 7.79. The van der Waals surface area contributed by atoms with E-state index in [0.29, 0.717) is 5.92 Å². The summed E-state index contributed by atoms with van der Waals surface area (Å²) in [5, 5.41) is 9.03. The van der Waals surface area contributed by atoms with Gasteiger partial charge in [-0.15, -0.1) is 0 Å². The average molecular weight is 178 g/mol. The van der Waals surface area contributed by atoms with Crippen LogP contribution >= 0.6 is 0 Å². The summed E-state index contributed by atoms with van der Waals surface area (Å²) in [6.07, 6.45) is 2.55. The molecule has 0 radical (unpaired) electrons. The normalized spacial score (nSPS) is 15.8. The molecule has 1 aromatic rings. The van der Waals surface area contributed by atoms with Gasteiger partial charge in [-0.3, -0.25) is 0 Å². The van der Waals surface area contributed by atoms with Crippen LogP contribution < -0.4 is 4.74 Å². The molecular formula is C11H14O2. The molecule has 2 nitrogen and oxygen atoms in total. The number of hydrogen-bond donors (Lipinski definition) is 1. The molecule has 13 heavy (non-hydrogen) atoms. The van der Waals surface area contributed by atoms with Crippen LogP contribution in [0.3, 0.4) is 0 Å². The molecule has 0 saturated heterocycles. The van der Waals surface area contributed by atoms with E-state index < -0.39 is 0 Å². The topological polar surface area (TPSA) is 29.5 Å². The van der Waals surface area contributed by atoms with Crippen LogP contribution in [-0.2, 0) is 6.61 Å². The molecule has 0 atom stereocenters. The van der Waals surface area contributed by atoms with Crippen LogP contribution in [0.5, 0.6) is 5.75 Å². The number of ether oxygens (including phenoxy) is 1. The van der Waals surface area contributed by atoms with Gasteiger partial charge in [-0.25, -0.2) is 0 Å². The first-order chi connectivity index (χ1) is 6.33. The highest BCUT2D eigenvalue weighted by Crippen LogP contribution is 2.41. The Labute approximate surface area is 78.2 Å². The lowest BCUT2D eigenvalue weighted by Gasteiger charge is -2.06. The molecule has 2 heteroatoms. The molecule has 1 aliphatic rings. The second kappa shape index (κ2) is 3.38. The molecule has 1 saturated carbocycles. The minimum absolute atomic E-state index is 0.0942. The predicted octanol–water partition coefficient (Wildman–Crippen LogP) is 2.06. The number of methoxy groups -OCH3 is 1. The molecule has 0 aliphatic heterocycles. The van der Waals surface area contributed by atoms with E-state index in [0.717, 1.165) is 11.3 Å². The van der Waals surface area contributed by atoms with Gasteiger partial charge in [-0.1, -0.05) is 6.07 Å². The largest absolute Gasteiger partial charge is 0.497 e. The average Bonchev–Trinajstić information content (AvgIpc) is 3.00. The number of benzene rings is 1. The van der Waals surface area contributed by atoms with E-state index in [2.05, 4.69) is 12.1 Å². The van der Waals surface area contributed by atoms with Crippen LogP contribution in [0.2, 0.25) is 0 Å². The molecule has 1 fully saturated rings. The van der Waals surface area contributed by atoms with Gasteiger partial charge in [0, 0.05) is 0 Å². The molecule has 70 valence electrons. The number of aliphatic hydroxyl groups excluding tert-OH is 1. The zero-order chi connectivity index (χ0) is 9.26. The van der Waals surface area contributed by atoms with Crippen molar-refractivity contribution in [3.63, 3.8) is 0 Å². The third-order valence-electron chi connectivity index (χ3n) is 2.46. The summed E-state index contributed by atoms with van der Waals surface area (Å²) in [7, 11) is 1.66. The van der Waals surface area contributed by atoms with E-state index in [1.54, 1.807) is 7.11 Å². The summed E-state index contributed by atoms with van der Waals surface area (Å²) in [6, 6.07) is 6.02. The van der Waals surface area contributed by atoms with Gasteiger partial charge in [0.1, 0.15) is 5.75 Å². The second-order valence-electron chi connectivity index (χ2n) is 3.55. The van der Waals surface area contributed by atoms with E-state index in [9.17, 15) is 0 Å². The number of aliphatic hydroxyl groups is 1. The first-order valence-corrected chi connectivity index (χ1v) is 4.62. The van der Waals surface area contributed by atoms with E-state index in [1.165, 1.54) is 18.4 Å². The van der Waals surface area contributed by atoms with Crippen LogP contribution in [-0.4, -0.2) is 12.2 Å². The molecule has 1 N–H and O–H groups in total. The fourth-order valence-corrected chi connectivity index (χ4v) is 1.55. The Bertz CT molecular complexity index is 281. The van der Waals surface area contributed by atoms with Crippen molar-refractivity contribution in [3.05, 3.63) is 29.3 Å². The third-order valence-corrected chi connectivity index (χ3v) is 2.46. The smallest absolute Gasteiger partial charge is 0.119 e. The van der Waals surface area contributed by atoms with Gasteiger partial charge in [0.05, 0.1) is 13.7 Å². The van der Waals surface area contributed by atoms with Gasteiger partial charge in [0.15, 0.2) is 0 Å². The highest BCUT2D eigenvalue weighted by molar-refractivity contribution is 5.37. The lowest BCUT2D eigenvalue weighted by molar-refractivity contribution is 0.281. The molecule has 0 aromatic heterocycles. The van der Waals surface area contributed by atoms with Gasteiger partial charge >= 0.3 is 0 Å². The Morgan fingerprint density at radius 1 is 1.38 bits per heavy atom. The van der Waals surface area contributed by atoms with Gasteiger partial charge < -0.3 is 9.84 Å². The van der Waals surface area contributed by atoms with Gasteiger partial charge in [0.25, 0.3) is 0 Å². The molecular weight excluding hydrogens is 164 g/mol. The third kappa shape index (κ3) is 1.83. The highest BCUT2D eigenvalue weighted by atomic mass is 16.5. The fraction of sp³-hybridized carbons (Fsp3) is 0.455. The summed E-state index contributed by atoms with van der Waals surface area (Å²) in [4.78, 5) is 0. The van der Waals surface area contributed by atoms with Crippen molar-refractivity contribution in [2.75, 3.05) is 7.11 Å². The summed E-state index contributed by atoms with van der Waals surface area (Å²) < 4.78 is 5.16. The molecule has 2 rings (SSSR count). The van der Waals surface area contributed by atoms with Crippen LogP contribution in [0.25, 0.3) is 0 Å². The van der Waals surface area contributed by atoms with Gasteiger partial charge in [-0.05, 0) is 42.0 Å². The Morgan fingerprint density at radius 2 is 2.15 bits per heavy atom. The van der Waals surface area contributed by atoms with Crippen LogP contribution in [0, 0.1) is 0 Å². The van der Waals surface area contributed by atoms with Crippen molar-refractivity contribution in [1.29, 1.82) is 0 Å². The van der Waals surface area contributed by atoms with E-state index in [4.69, 9.17) is 9.84 Å². The zero-order valence-corrected chi connectivity index (χ0v) is 7.79. The van der Waals surface area contributed by atoms with Crippen LogP contribution in [0.4, 0.5) is 0 Å². The first-order valence-electron chi connectivity index (χ1n) is 4.62. The Balaban J connectivity index is 2.33. The summed E-state index contributed by atoms with van der Waals surface area (Å²) >= 11 is 0. The predicted molar refractivity (Wildman–Crippen MR) is 50.9 cm³/mol. The summed E-state index contributed by atoms with van der Waals surface area (Å²) in [5.41, 5.74) is 2.25. The van der Waals surface area contributed by atoms with Gasteiger partial charge in [-0.2, -0.15) is 0 Å². The Hall–Kier alpha value is -1.02. The van der Waals surface area contributed by atoms with E-state index in [-0.39, 0.29) is 6.61 Å².